The molecule has 2 aliphatic carbocycles. The first kappa shape index (κ1) is 17.9. The number of furan rings is 1. The van der Waals surface area contributed by atoms with Gasteiger partial charge in [0.1, 0.15) is 11.5 Å². The first-order valence-electron chi connectivity index (χ1n) is 10.3. The van der Waals surface area contributed by atoms with Gasteiger partial charge in [-0.2, -0.15) is 0 Å². The highest BCUT2D eigenvalue weighted by molar-refractivity contribution is 5.36. The monoisotopic (exact) mass is 352 g/mol. The second kappa shape index (κ2) is 6.88. The Morgan fingerprint density at radius 3 is 2.58 bits per heavy atom. The van der Waals surface area contributed by atoms with Crippen LogP contribution in [0, 0.1) is 11.3 Å². The van der Waals surface area contributed by atoms with E-state index >= 15 is 0 Å². The number of fused-ring (bicyclic) bond motifs is 1. The zero-order chi connectivity index (χ0) is 18.2. The van der Waals surface area contributed by atoms with Gasteiger partial charge in [-0.25, -0.2) is 0 Å². The fourth-order valence-corrected chi connectivity index (χ4v) is 5.13. The molecule has 26 heavy (non-hydrogen) atoms. The quantitative estimate of drug-likeness (QED) is 0.521. The molecule has 2 nitrogen and oxygen atoms in total. The van der Waals surface area contributed by atoms with Crippen molar-refractivity contribution in [3.8, 4) is 0 Å². The second-order valence-electron chi connectivity index (χ2n) is 9.00. The molecule has 0 spiro atoms. The molecule has 2 aromatic rings. The van der Waals surface area contributed by atoms with E-state index in [9.17, 15) is 0 Å². The molecular weight excluding hydrogens is 320 g/mol. The molecule has 2 fully saturated rings. The van der Waals surface area contributed by atoms with Crippen molar-refractivity contribution in [2.75, 3.05) is 0 Å². The Bertz CT molecular complexity index is 730. The van der Waals surface area contributed by atoms with E-state index in [-0.39, 0.29) is 11.5 Å². The third-order valence-electron chi connectivity index (χ3n) is 6.67. The summed E-state index contributed by atoms with van der Waals surface area (Å²) in [6.07, 6.45) is 7.41. The van der Waals surface area contributed by atoms with Crippen LogP contribution < -0.4 is 0 Å². The van der Waals surface area contributed by atoms with Gasteiger partial charge >= 0.3 is 0 Å². The molecule has 2 saturated carbocycles. The molecule has 2 heteroatoms. The first-order valence-corrected chi connectivity index (χ1v) is 10.3. The summed E-state index contributed by atoms with van der Waals surface area (Å²) in [7, 11) is 0. The Balaban J connectivity index is 1.49. The van der Waals surface area contributed by atoms with Crippen molar-refractivity contribution >= 4 is 0 Å². The summed E-state index contributed by atoms with van der Waals surface area (Å²) in [5.41, 5.74) is 1.70. The van der Waals surface area contributed by atoms with Crippen LogP contribution in [0.1, 0.15) is 70.0 Å². The van der Waals surface area contributed by atoms with Crippen molar-refractivity contribution in [1.29, 1.82) is 0 Å². The predicted octanol–water partition coefficient (Wildman–Crippen LogP) is 6.29. The predicted molar refractivity (Wildman–Crippen MR) is 105 cm³/mol. The Hall–Kier alpha value is -1.54. The van der Waals surface area contributed by atoms with Crippen LogP contribution in [0.15, 0.2) is 46.9 Å². The van der Waals surface area contributed by atoms with Crippen molar-refractivity contribution in [2.45, 2.75) is 77.4 Å². The van der Waals surface area contributed by atoms with Crippen molar-refractivity contribution in [3.05, 3.63) is 59.5 Å². The van der Waals surface area contributed by atoms with Crippen molar-refractivity contribution in [2.24, 2.45) is 11.3 Å². The van der Waals surface area contributed by atoms with Crippen LogP contribution in [0.5, 0.6) is 0 Å². The highest BCUT2D eigenvalue weighted by atomic mass is 16.5. The summed E-state index contributed by atoms with van der Waals surface area (Å²) in [4.78, 5) is 0. The Kier molecular flexibility index (Phi) is 4.73. The van der Waals surface area contributed by atoms with Crippen LogP contribution in [-0.4, -0.2) is 6.10 Å². The number of ether oxygens (including phenoxy) is 1. The zero-order valence-electron chi connectivity index (χ0n) is 16.5. The molecule has 0 amide bonds. The maximum Gasteiger partial charge on any atom is 0.113 e. The van der Waals surface area contributed by atoms with Gasteiger partial charge < -0.3 is 9.15 Å². The minimum atomic E-state index is 0.112. The standard InChI is InChI=1S/C24H32O2/c1-4-5-7-12-19-13-14-21(26-19)24-15-20(24)23(2,3)16-22(24)25-17-18-10-8-6-9-11-18/h6,8-11,13-14,20,22H,4-5,7,12,15-17H2,1-3H3/t20?,22-,24+/m0/s1. The molecule has 2 aliphatic rings. The largest absolute Gasteiger partial charge is 0.465 e. The Morgan fingerprint density at radius 1 is 1.04 bits per heavy atom. The summed E-state index contributed by atoms with van der Waals surface area (Å²) in [5.74, 6) is 3.02. The molecular formula is C24H32O2. The summed E-state index contributed by atoms with van der Waals surface area (Å²) in [5, 5.41) is 0. The summed E-state index contributed by atoms with van der Waals surface area (Å²) in [6, 6.07) is 15.0. The van der Waals surface area contributed by atoms with Crippen molar-refractivity contribution < 1.29 is 9.15 Å². The van der Waals surface area contributed by atoms with E-state index in [1.54, 1.807) is 0 Å². The highest BCUT2D eigenvalue weighted by Crippen LogP contribution is 2.72. The van der Waals surface area contributed by atoms with Gasteiger partial charge in [-0.05, 0) is 48.3 Å². The highest BCUT2D eigenvalue weighted by Gasteiger charge is 2.72. The minimum Gasteiger partial charge on any atom is -0.465 e. The molecule has 0 N–H and O–H groups in total. The average Bonchev–Trinajstić information content (AvgIpc) is 3.17. The number of unbranched alkanes of at least 4 members (excludes halogenated alkanes) is 2. The van der Waals surface area contributed by atoms with E-state index in [0.717, 1.165) is 18.6 Å². The molecule has 4 rings (SSSR count). The molecule has 0 radical (unpaired) electrons. The van der Waals surface area contributed by atoms with Crippen molar-refractivity contribution in [3.63, 3.8) is 0 Å². The summed E-state index contributed by atoms with van der Waals surface area (Å²) < 4.78 is 12.8. The molecule has 0 aliphatic heterocycles. The summed E-state index contributed by atoms with van der Waals surface area (Å²) >= 11 is 0. The third-order valence-corrected chi connectivity index (χ3v) is 6.67. The van der Waals surface area contributed by atoms with Gasteiger partial charge in [-0.3, -0.25) is 0 Å². The minimum absolute atomic E-state index is 0.112. The van der Waals surface area contributed by atoms with Gasteiger partial charge in [0, 0.05) is 6.42 Å². The molecule has 0 saturated heterocycles. The molecule has 0 bridgehead atoms. The number of hydrogen-bond donors (Lipinski definition) is 0. The van der Waals surface area contributed by atoms with Gasteiger partial charge in [0.15, 0.2) is 0 Å². The van der Waals surface area contributed by atoms with Gasteiger partial charge in [-0.1, -0.05) is 63.9 Å². The van der Waals surface area contributed by atoms with Gasteiger partial charge in [-0.15, -0.1) is 0 Å². The van der Waals surface area contributed by atoms with E-state index < -0.39 is 0 Å². The molecule has 1 aromatic heterocycles. The fourth-order valence-electron chi connectivity index (χ4n) is 5.13. The Labute approximate surface area is 157 Å². The second-order valence-corrected chi connectivity index (χ2v) is 9.00. The SMILES string of the molecule is CCCCCc1ccc([C@@]23CC2C(C)(C)C[C@@H]3OCc2ccccc2)o1. The fraction of sp³-hybridized carbons (Fsp3) is 0.583. The maximum atomic E-state index is 6.48. The lowest BCUT2D eigenvalue weighted by atomic mass is 9.87. The number of rotatable bonds is 8. The average molecular weight is 353 g/mol. The topological polar surface area (TPSA) is 22.4 Å². The number of hydrogen-bond acceptors (Lipinski definition) is 2. The molecule has 1 unspecified atom stereocenters. The van der Waals surface area contributed by atoms with E-state index in [1.807, 2.05) is 0 Å². The van der Waals surface area contributed by atoms with Crippen molar-refractivity contribution in [1.82, 2.24) is 0 Å². The number of benzene rings is 1. The van der Waals surface area contributed by atoms with Crippen LogP contribution in [0.25, 0.3) is 0 Å². The lowest BCUT2D eigenvalue weighted by molar-refractivity contribution is 0.00781. The van der Waals surface area contributed by atoms with E-state index in [0.29, 0.717) is 17.9 Å². The normalized spacial score (nSPS) is 28.9. The van der Waals surface area contributed by atoms with Gasteiger partial charge in [0.2, 0.25) is 0 Å². The number of aryl methyl sites for hydroxylation is 1. The third kappa shape index (κ3) is 3.13. The lowest BCUT2D eigenvalue weighted by Crippen LogP contribution is -2.26. The van der Waals surface area contributed by atoms with Crippen LogP contribution in [0.2, 0.25) is 0 Å². The summed E-state index contributed by atoms with van der Waals surface area (Å²) in [6.45, 7) is 7.74. The lowest BCUT2D eigenvalue weighted by Gasteiger charge is -2.24. The van der Waals surface area contributed by atoms with Crippen LogP contribution in [0.3, 0.4) is 0 Å². The van der Waals surface area contributed by atoms with Gasteiger partial charge in [0.25, 0.3) is 0 Å². The molecule has 3 atom stereocenters. The van der Waals surface area contributed by atoms with E-state index in [1.165, 1.54) is 37.0 Å². The van der Waals surface area contributed by atoms with Crippen LogP contribution in [0.4, 0.5) is 0 Å². The van der Waals surface area contributed by atoms with Gasteiger partial charge in [0.05, 0.1) is 18.1 Å². The maximum absolute atomic E-state index is 6.48. The zero-order valence-corrected chi connectivity index (χ0v) is 16.5. The van der Waals surface area contributed by atoms with Crippen LogP contribution in [-0.2, 0) is 23.2 Å². The Morgan fingerprint density at radius 2 is 1.85 bits per heavy atom. The van der Waals surface area contributed by atoms with E-state index in [2.05, 4.69) is 63.2 Å². The van der Waals surface area contributed by atoms with E-state index in [4.69, 9.17) is 9.15 Å². The van der Waals surface area contributed by atoms with Crippen LogP contribution >= 0.6 is 0 Å². The molecule has 1 heterocycles. The molecule has 1 aromatic carbocycles. The first-order chi connectivity index (χ1) is 12.6. The molecule has 140 valence electrons. The smallest absolute Gasteiger partial charge is 0.113 e.